The fraction of sp³-hybridized carbons (Fsp3) is 0.448. The molecule has 208 valence electrons. The highest BCUT2D eigenvalue weighted by molar-refractivity contribution is 7.70. The molecule has 1 aliphatic carbocycles. The lowest BCUT2D eigenvalue weighted by Crippen LogP contribution is -2.57. The highest BCUT2D eigenvalue weighted by Crippen LogP contribution is 2.49. The maximum absolute atomic E-state index is 12.7. The molecule has 1 spiro atoms. The van der Waals surface area contributed by atoms with Gasteiger partial charge in [-0.15, -0.1) is 0 Å². The zero-order valence-corrected chi connectivity index (χ0v) is 24.9. The van der Waals surface area contributed by atoms with Crippen molar-refractivity contribution in [1.29, 1.82) is 0 Å². The Hall–Kier alpha value is -2.31. The number of aromatic nitrogens is 2. The highest BCUT2D eigenvalue weighted by atomic mass is 35.5. The molecule has 1 aromatic heterocycles. The van der Waals surface area contributed by atoms with Crippen molar-refractivity contribution < 1.29 is 9.67 Å². The number of nitrogens with one attached hydrogen (secondary N) is 2. The third-order valence-electron chi connectivity index (χ3n) is 8.01. The number of para-hydroxylation sites is 1. The van der Waals surface area contributed by atoms with Crippen LogP contribution in [0.4, 0.5) is 28.8 Å². The second-order valence-electron chi connectivity index (χ2n) is 11.3. The molecule has 3 aromatic rings. The van der Waals surface area contributed by atoms with Gasteiger partial charge in [-0.05, 0) is 88.1 Å². The van der Waals surface area contributed by atoms with Gasteiger partial charge in [0.2, 0.25) is 5.95 Å². The van der Waals surface area contributed by atoms with E-state index in [1.54, 1.807) is 13.3 Å². The molecule has 39 heavy (non-hydrogen) atoms. The van der Waals surface area contributed by atoms with Crippen LogP contribution >= 0.6 is 30.3 Å². The van der Waals surface area contributed by atoms with Crippen LogP contribution in [0.2, 0.25) is 10.0 Å². The van der Waals surface area contributed by atoms with Crippen molar-refractivity contribution in [2.75, 3.05) is 48.6 Å². The molecule has 7 nitrogen and oxygen atoms in total. The number of rotatable bonds is 9. The number of aliphatic hydroxyl groups excluding tert-OH is 1. The Balaban J connectivity index is 1.23. The molecule has 2 aliphatic rings. The highest BCUT2D eigenvalue weighted by Gasteiger charge is 2.45. The number of halogens is 2. The van der Waals surface area contributed by atoms with Crippen molar-refractivity contribution >= 4 is 64.5 Å². The lowest BCUT2D eigenvalue weighted by Gasteiger charge is -2.55. The average molecular weight is 589 g/mol. The number of hydrogen-bond acceptors (Lipinski definition) is 7. The summed E-state index contributed by atoms with van der Waals surface area (Å²) in [6, 6.07) is 13.4. The van der Waals surface area contributed by atoms with Gasteiger partial charge in [0.1, 0.15) is 12.2 Å². The van der Waals surface area contributed by atoms with E-state index in [0.29, 0.717) is 39.5 Å². The van der Waals surface area contributed by atoms with E-state index < -0.39 is 7.14 Å². The first kappa shape index (κ1) is 28.2. The maximum atomic E-state index is 12.7. The monoisotopic (exact) mass is 587 g/mol. The molecule has 1 saturated carbocycles. The third kappa shape index (κ3) is 6.54. The molecular formula is C29H36Cl2N5O2P. The summed E-state index contributed by atoms with van der Waals surface area (Å²) in [7, 11) is -2.50. The molecule has 0 bridgehead atoms. The third-order valence-corrected chi connectivity index (χ3v) is 10.1. The first-order valence-corrected chi connectivity index (χ1v) is 16.9. The van der Waals surface area contributed by atoms with E-state index >= 15 is 0 Å². The van der Waals surface area contributed by atoms with Crippen LogP contribution in [-0.4, -0.2) is 48.1 Å². The van der Waals surface area contributed by atoms with Crippen LogP contribution in [0.1, 0.15) is 38.5 Å². The van der Waals surface area contributed by atoms with Gasteiger partial charge in [0, 0.05) is 36.1 Å². The van der Waals surface area contributed by atoms with Gasteiger partial charge in [-0.1, -0.05) is 35.3 Å². The van der Waals surface area contributed by atoms with Crippen LogP contribution in [0.15, 0.2) is 48.7 Å². The predicted molar refractivity (Wildman–Crippen MR) is 164 cm³/mol. The maximum Gasteiger partial charge on any atom is 0.229 e. The normalized spacial score (nSPS) is 17.2. The largest absolute Gasteiger partial charge is 0.396 e. The van der Waals surface area contributed by atoms with Crippen LogP contribution in [-0.2, 0) is 4.57 Å². The molecule has 10 heteroatoms. The molecule has 2 fully saturated rings. The van der Waals surface area contributed by atoms with Crippen LogP contribution in [0.25, 0.3) is 0 Å². The quantitative estimate of drug-likeness (QED) is 0.226. The van der Waals surface area contributed by atoms with Crippen LogP contribution in [0, 0.1) is 11.3 Å². The Kier molecular flexibility index (Phi) is 8.44. The van der Waals surface area contributed by atoms with Crippen LogP contribution in [0.3, 0.4) is 0 Å². The molecule has 0 amide bonds. The van der Waals surface area contributed by atoms with Gasteiger partial charge in [0.15, 0.2) is 5.82 Å². The van der Waals surface area contributed by atoms with Gasteiger partial charge in [0.05, 0.1) is 22.6 Å². The van der Waals surface area contributed by atoms with Crippen LogP contribution in [0.5, 0.6) is 0 Å². The van der Waals surface area contributed by atoms with Gasteiger partial charge in [-0.3, -0.25) is 0 Å². The standard InChI is InChI=1S/C29H36Cl2N5O2P/c1-39(2,38)26-8-4-3-7-24(26)34-27-23(31)17-32-28(35-27)33-21-9-10-25(22(30)16-21)36-18-29(19-36)13-11-20(12-14-29)6-5-15-37/h3-4,7-10,16-17,20,37H,5-6,11-15,18-19H2,1-2H3,(H2,32,33,34,35). The van der Waals surface area contributed by atoms with Gasteiger partial charge < -0.3 is 25.2 Å². The molecule has 0 unspecified atom stereocenters. The summed E-state index contributed by atoms with van der Waals surface area (Å²) in [6.07, 6.45) is 8.67. The molecule has 1 saturated heterocycles. The minimum absolute atomic E-state index is 0.303. The lowest BCUT2D eigenvalue weighted by atomic mass is 9.65. The molecule has 5 rings (SSSR count). The Morgan fingerprint density at radius 2 is 1.82 bits per heavy atom. The van der Waals surface area contributed by atoms with Crippen molar-refractivity contribution in [3.05, 3.63) is 58.7 Å². The van der Waals surface area contributed by atoms with Crippen molar-refractivity contribution in [2.45, 2.75) is 38.5 Å². The van der Waals surface area contributed by atoms with Gasteiger partial charge in [-0.25, -0.2) is 4.98 Å². The number of benzene rings is 2. The van der Waals surface area contributed by atoms with E-state index in [1.807, 2.05) is 36.4 Å². The molecule has 3 N–H and O–H groups in total. The smallest absolute Gasteiger partial charge is 0.229 e. The Morgan fingerprint density at radius 3 is 2.51 bits per heavy atom. The summed E-state index contributed by atoms with van der Waals surface area (Å²) in [5.74, 6) is 1.57. The number of hydrogen-bond donors (Lipinski definition) is 3. The Morgan fingerprint density at radius 1 is 1.08 bits per heavy atom. The van der Waals surface area contributed by atoms with E-state index in [2.05, 4.69) is 31.6 Å². The van der Waals surface area contributed by atoms with E-state index in [-0.39, 0.29) is 0 Å². The Labute approximate surface area is 240 Å². The van der Waals surface area contributed by atoms with Crippen molar-refractivity contribution in [2.24, 2.45) is 11.3 Å². The second-order valence-corrected chi connectivity index (χ2v) is 15.3. The second kappa shape index (κ2) is 11.7. The molecule has 1 aliphatic heterocycles. The van der Waals surface area contributed by atoms with E-state index in [1.165, 1.54) is 31.9 Å². The summed E-state index contributed by atoms with van der Waals surface area (Å²) in [5, 5.41) is 17.3. The minimum atomic E-state index is -2.50. The molecule has 0 atom stereocenters. The first-order valence-electron chi connectivity index (χ1n) is 13.5. The predicted octanol–water partition coefficient (Wildman–Crippen LogP) is 7.29. The summed E-state index contributed by atoms with van der Waals surface area (Å²) in [5.41, 5.74) is 2.95. The molecule has 0 radical (unpaired) electrons. The van der Waals surface area contributed by atoms with E-state index in [0.717, 1.165) is 48.5 Å². The van der Waals surface area contributed by atoms with Gasteiger partial charge in [0.25, 0.3) is 0 Å². The van der Waals surface area contributed by atoms with Crippen molar-refractivity contribution in [1.82, 2.24) is 9.97 Å². The SMILES string of the molecule is CP(C)(=O)c1ccccc1Nc1nc(Nc2ccc(N3CC4(CCC(CCCO)CC4)C3)c(Cl)c2)ncc1Cl. The van der Waals surface area contributed by atoms with Gasteiger partial charge in [-0.2, -0.15) is 4.98 Å². The van der Waals surface area contributed by atoms with E-state index in [4.69, 9.17) is 28.3 Å². The fourth-order valence-corrected chi connectivity index (χ4v) is 7.46. The Bertz CT molecular complexity index is 1370. The van der Waals surface area contributed by atoms with E-state index in [9.17, 15) is 4.57 Å². The zero-order chi connectivity index (χ0) is 27.6. The fourth-order valence-electron chi connectivity index (χ4n) is 5.87. The molecule has 2 heterocycles. The number of aliphatic hydroxyl groups is 1. The summed E-state index contributed by atoms with van der Waals surface area (Å²) in [4.78, 5) is 11.3. The zero-order valence-electron chi connectivity index (χ0n) is 22.5. The number of anilines is 5. The summed E-state index contributed by atoms with van der Waals surface area (Å²) in [6.45, 7) is 5.87. The minimum Gasteiger partial charge on any atom is -0.396 e. The van der Waals surface area contributed by atoms with Crippen molar-refractivity contribution in [3.63, 3.8) is 0 Å². The first-order chi connectivity index (χ1) is 18.7. The van der Waals surface area contributed by atoms with Crippen molar-refractivity contribution in [3.8, 4) is 0 Å². The lowest BCUT2D eigenvalue weighted by molar-refractivity contribution is 0.103. The topological polar surface area (TPSA) is 90.4 Å². The summed E-state index contributed by atoms with van der Waals surface area (Å²) < 4.78 is 12.7. The molecule has 2 aromatic carbocycles. The summed E-state index contributed by atoms with van der Waals surface area (Å²) >= 11 is 13.1. The number of nitrogens with zero attached hydrogens (tertiary/aromatic N) is 3. The average Bonchev–Trinajstić information content (AvgIpc) is 2.88. The van der Waals surface area contributed by atoms with Gasteiger partial charge >= 0.3 is 0 Å². The molecular weight excluding hydrogens is 552 g/mol. The van der Waals surface area contributed by atoms with Crippen LogP contribution < -0.4 is 20.8 Å².